The van der Waals surface area contributed by atoms with Crippen LogP contribution < -0.4 is 15.1 Å². The molecule has 3 aliphatic rings. The summed E-state index contributed by atoms with van der Waals surface area (Å²) in [6.45, 7) is 3.36. The average molecular weight is 370 g/mol. The van der Waals surface area contributed by atoms with Crippen LogP contribution in [0.3, 0.4) is 0 Å². The van der Waals surface area contributed by atoms with E-state index in [9.17, 15) is 4.79 Å². The summed E-state index contributed by atoms with van der Waals surface area (Å²) in [7, 11) is 0. The lowest BCUT2D eigenvalue weighted by molar-refractivity contribution is -0.134. The van der Waals surface area contributed by atoms with Crippen molar-refractivity contribution in [1.29, 1.82) is 0 Å². The number of aliphatic carboxylic acids is 1. The number of carbonyl (C=O) groups is 2. The van der Waals surface area contributed by atoms with Crippen molar-refractivity contribution in [2.75, 3.05) is 11.5 Å². The van der Waals surface area contributed by atoms with Crippen molar-refractivity contribution in [3.05, 3.63) is 24.4 Å². The van der Waals surface area contributed by atoms with Gasteiger partial charge in [-0.15, -0.1) is 0 Å². The maximum atomic E-state index is 12.0. The molecule has 142 valence electrons. The smallest absolute Gasteiger partial charge is 0.300 e. The molecule has 2 aliphatic heterocycles. The van der Waals surface area contributed by atoms with Crippen LogP contribution in [0.2, 0.25) is 0 Å². The number of benzene rings is 1. The summed E-state index contributed by atoms with van der Waals surface area (Å²) < 4.78 is 8.22. The molecule has 0 bridgehead atoms. The Morgan fingerprint density at radius 1 is 1.37 bits per heavy atom. The molecule has 8 nitrogen and oxygen atoms in total. The van der Waals surface area contributed by atoms with E-state index in [2.05, 4.69) is 39.5 Å². The minimum Gasteiger partial charge on any atom is -0.483 e. The van der Waals surface area contributed by atoms with E-state index in [4.69, 9.17) is 14.6 Å². The number of ether oxygens (including phenoxy) is 1. The molecule has 1 amide bonds. The number of rotatable bonds is 1. The quantitative estimate of drug-likeness (QED) is 0.804. The van der Waals surface area contributed by atoms with E-state index in [1.807, 2.05) is 11.8 Å². The van der Waals surface area contributed by atoms with E-state index in [-0.39, 0.29) is 11.9 Å². The molecule has 0 radical (unpaired) electrons. The molecular formula is C19H22N4O4. The minimum absolute atomic E-state index is 0.0870. The number of anilines is 1. The van der Waals surface area contributed by atoms with Gasteiger partial charge in [0.1, 0.15) is 18.4 Å². The van der Waals surface area contributed by atoms with Crippen molar-refractivity contribution in [2.24, 2.45) is 5.10 Å². The van der Waals surface area contributed by atoms with Gasteiger partial charge in [-0.2, -0.15) is 5.10 Å². The van der Waals surface area contributed by atoms with Crippen molar-refractivity contribution >= 4 is 34.3 Å². The molecular weight excluding hydrogens is 348 g/mol. The summed E-state index contributed by atoms with van der Waals surface area (Å²) in [5, 5.41) is 12.7. The highest BCUT2D eigenvalue weighted by Gasteiger charge is 2.35. The first-order valence-electron chi connectivity index (χ1n) is 9.08. The summed E-state index contributed by atoms with van der Waals surface area (Å²) >= 11 is 0. The number of aromatic nitrogens is 1. The van der Waals surface area contributed by atoms with Gasteiger partial charge in [-0.1, -0.05) is 0 Å². The number of fused-ring (bicyclic) bond motifs is 4. The third-order valence-corrected chi connectivity index (χ3v) is 5.23. The van der Waals surface area contributed by atoms with Gasteiger partial charge in [0.25, 0.3) is 11.9 Å². The van der Waals surface area contributed by atoms with Crippen LogP contribution in [0, 0.1) is 0 Å². The Balaban J connectivity index is 0.000000413. The van der Waals surface area contributed by atoms with E-state index >= 15 is 0 Å². The Kier molecular flexibility index (Phi) is 4.25. The third kappa shape index (κ3) is 3.01. The number of nitrogens with one attached hydrogen (secondary N) is 1. The summed E-state index contributed by atoms with van der Waals surface area (Å²) in [6, 6.07) is 6.69. The van der Waals surface area contributed by atoms with Gasteiger partial charge in [-0.3, -0.25) is 9.59 Å². The second kappa shape index (κ2) is 6.61. The predicted molar refractivity (Wildman–Crippen MR) is 101 cm³/mol. The van der Waals surface area contributed by atoms with Crippen LogP contribution in [0.15, 0.2) is 29.5 Å². The number of hydrogen-bond acceptors (Lipinski definition) is 5. The van der Waals surface area contributed by atoms with Gasteiger partial charge in [0.15, 0.2) is 5.84 Å². The zero-order chi connectivity index (χ0) is 19.1. The highest BCUT2D eigenvalue weighted by atomic mass is 16.5. The SMILES string of the molecule is CC(=O)O.CC1C(=O)NN=C2COc3cc4ccn(C5CCC5)c4cc3N21. The van der Waals surface area contributed by atoms with E-state index in [1.54, 1.807) is 0 Å². The first-order chi connectivity index (χ1) is 13.0. The monoisotopic (exact) mass is 370 g/mol. The second-order valence-electron chi connectivity index (χ2n) is 7.04. The molecule has 1 aromatic carbocycles. The van der Waals surface area contributed by atoms with Gasteiger partial charge in [0.2, 0.25) is 0 Å². The fourth-order valence-corrected chi connectivity index (χ4v) is 3.66. The Morgan fingerprint density at radius 2 is 2.11 bits per heavy atom. The van der Waals surface area contributed by atoms with Gasteiger partial charge in [0, 0.05) is 24.5 Å². The lowest BCUT2D eigenvalue weighted by atomic mass is 9.93. The normalized spacial score (nSPS) is 21.0. The van der Waals surface area contributed by atoms with E-state index in [0.29, 0.717) is 12.6 Å². The number of carboxylic acid groups (broad SMARTS) is 1. The highest BCUT2D eigenvalue weighted by Crippen LogP contribution is 2.41. The first-order valence-corrected chi connectivity index (χ1v) is 9.08. The molecule has 1 atom stereocenters. The third-order valence-electron chi connectivity index (χ3n) is 5.23. The van der Waals surface area contributed by atoms with E-state index in [0.717, 1.165) is 24.2 Å². The number of carboxylic acids is 1. The van der Waals surface area contributed by atoms with Gasteiger partial charge in [-0.05, 0) is 44.4 Å². The molecule has 1 saturated carbocycles. The molecule has 1 fully saturated rings. The van der Waals surface area contributed by atoms with Crippen LogP contribution in [0.25, 0.3) is 10.9 Å². The molecule has 27 heavy (non-hydrogen) atoms. The summed E-state index contributed by atoms with van der Waals surface area (Å²) in [6.07, 6.45) is 5.96. The Bertz CT molecular complexity index is 941. The molecule has 0 spiro atoms. The second-order valence-corrected chi connectivity index (χ2v) is 7.04. The number of amides is 1. The minimum atomic E-state index is -0.833. The summed E-state index contributed by atoms with van der Waals surface area (Å²) in [5.74, 6) is 0.658. The largest absolute Gasteiger partial charge is 0.483 e. The van der Waals surface area contributed by atoms with Crippen LogP contribution in [-0.2, 0) is 9.59 Å². The molecule has 2 N–H and O–H groups in total. The van der Waals surface area contributed by atoms with Gasteiger partial charge >= 0.3 is 0 Å². The summed E-state index contributed by atoms with van der Waals surface area (Å²) in [4.78, 5) is 23.0. The van der Waals surface area contributed by atoms with E-state index < -0.39 is 5.97 Å². The fraction of sp³-hybridized carbons (Fsp3) is 0.421. The Morgan fingerprint density at radius 3 is 2.78 bits per heavy atom. The fourth-order valence-electron chi connectivity index (χ4n) is 3.66. The molecule has 1 aromatic heterocycles. The highest BCUT2D eigenvalue weighted by molar-refractivity contribution is 6.10. The van der Waals surface area contributed by atoms with Gasteiger partial charge < -0.3 is 19.3 Å². The number of nitrogens with zero attached hydrogens (tertiary/aromatic N) is 3. The van der Waals surface area contributed by atoms with Crippen molar-refractivity contribution in [3.8, 4) is 5.75 Å². The molecule has 3 heterocycles. The van der Waals surface area contributed by atoms with Gasteiger partial charge in [-0.25, -0.2) is 5.43 Å². The Hall–Kier alpha value is -3.03. The zero-order valence-electron chi connectivity index (χ0n) is 15.3. The van der Waals surface area contributed by atoms with Crippen molar-refractivity contribution in [1.82, 2.24) is 9.99 Å². The van der Waals surface area contributed by atoms with Crippen molar-refractivity contribution in [2.45, 2.75) is 45.2 Å². The molecule has 1 aliphatic carbocycles. The predicted octanol–water partition coefficient (Wildman–Crippen LogP) is 2.49. The van der Waals surface area contributed by atoms with Crippen LogP contribution in [0.5, 0.6) is 5.75 Å². The van der Waals surface area contributed by atoms with Crippen LogP contribution in [-0.4, -0.2) is 40.0 Å². The Labute approximate surface area is 156 Å². The molecule has 8 heteroatoms. The van der Waals surface area contributed by atoms with Gasteiger partial charge in [0.05, 0.1) is 11.2 Å². The molecule has 2 aromatic rings. The molecule has 5 rings (SSSR count). The summed E-state index contributed by atoms with van der Waals surface area (Å²) in [5.41, 5.74) is 4.70. The average Bonchev–Trinajstić information content (AvgIpc) is 2.96. The first kappa shape index (κ1) is 17.4. The van der Waals surface area contributed by atoms with Crippen LogP contribution in [0.4, 0.5) is 5.69 Å². The number of hydrazone groups is 1. The molecule has 0 saturated heterocycles. The maximum absolute atomic E-state index is 12.0. The van der Waals surface area contributed by atoms with E-state index in [1.165, 1.54) is 30.2 Å². The van der Waals surface area contributed by atoms with Crippen LogP contribution in [0.1, 0.15) is 39.2 Å². The topological polar surface area (TPSA) is 96.2 Å². The number of carbonyl (C=O) groups excluding carboxylic acids is 1. The maximum Gasteiger partial charge on any atom is 0.300 e. The number of hydrogen-bond donors (Lipinski definition) is 2. The lowest BCUT2D eigenvalue weighted by Crippen LogP contribution is -2.55. The van der Waals surface area contributed by atoms with Crippen molar-refractivity contribution < 1.29 is 19.4 Å². The number of amidine groups is 1. The lowest BCUT2D eigenvalue weighted by Gasteiger charge is -2.38. The van der Waals surface area contributed by atoms with Crippen molar-refractivity contribution in [3.63, 3.8) is 0 Å². The standard InChI is InChI=1S/C17H18N4O2.C2H4O2/c1-10-17(22)19-18-16-9-23-15-7-11-5-6-20(12-3-2-4-12)13(11)8-14(15)21(10)16;1-2(3)4/h5-8,10,12H,2-4,9H2,1H3,(H,19,22);1H3,(H,3,4). The van der Waals surface area contributed by atoms with Crippen LogP contribution >= 0.6 is 0 Å². The zero-order valence-corrected chi connectivity index (χ0v) is 15.3. The molecule has 1 unspecified atom stereocenters.